The molecule has 0 spiro atoms. The van der Waals surface area contributed by atoms with Gasteiger partial charge < -0.3 is 4.52 Å². The number of halogens is 3. The summed E-state index contributed by atoms with van der Waals surface area (Å²) in [4.78, 5) is 0.771. The Morgan fingerprint density at radius 3 is 2.21 bits per heavy atom. The van der Waals surface area contributed by atoms with Gasteiger partial charge in [-0.15, -0.1) is 0 Å². The van der Waals surface area contributed by atoms with E-state index in [1.807, 2.05) is 30.3 Å². The van der Waals surface area contributed by atoms with Crippen molar-refractivity contribution < 1.29 is 9.09 Å². The normalized spacial score (nSPS) is 13.8. The van der Waals surface area contributed by atoms with E-state index in [1.165, 1.54) is 0 Å². The minimum atomic E-state index is -3.36. The molecule has 19 heavy (non-hydrogen) atoms. The highest BCUT2D eigenvalue weighted by Crippen LogP contribution is 2.67. The molecule has 0 amide bonds. The second kappa shape index (κ2) is 6.68. The van der Waals surface area contributed by atoms with Crippen molar-refractivity contribution in [3.8, 4) is 5.75 Å². The van der Waals surface area contributed by atoms with Gasteiger partial charge in [0, 0.05) is 9.37 Å². The van der Waals surface area contributed by atoms with Crippen LogP contribution in [0.5, 0.6) is 5.75 Å². The lowest BCUT2D eigenvalue weighted by Gasteiger charge is -2.13. The minimum Gasteiger partial charge on any atom is -0.424 e. The molecule has 0 heterocycles. The Morgan fingerprint density at radius 1 is 1.00 bits per heavy atom. The van der Waals surface area contributed by atoms with E-state index < -0.39 is 5.92 Å². The van der Waals surface area contributed by atoms with Crippen LogP contribution in [-0.2, 0) is 4.57 Å². The van der Waals surface area contributed by atoms with Crippen molar-refractivity contribution in [2.24, 2.45) is 0 Å². The first-order chi connectivity index (χ1) is 8.98. The van der Waals surface area contributed by atoms with Crippen LogP contribution in [0.25, 0.3) is 0 Å². The van der Waals surface area contributed by atoms with Gasteiger partial charge in [-0.3, -0.25) is 0 Å². The van der Waals surface area contributed by atoms with Gasteiger partial charge in [-0.1, -0.05) is 24.3 Å². The van der Waals surface area contributed by atoms with Gasteiger partial charge in [0.15, 0.2) is 0 Å². The lowest BCUT2D eigenvalue weighted by Crippen LogP contribution is -1.85. The Hall–Kier alpha value is 0.0700. The lowest BCUT2D eigenvalue weighted by molar-refractivity contribution is 0.513. The van der Waals surface area contributed by atoms with E-state index in [9.17, 15) is 4.57 Å². The molecule has 0 aliphatic carbocycles. The summed E-state index contributed by atoms with van der Waals surface area (Å²) in [5.41, 5.74) is 0. The first-order valence-electron chi connectivity index (χ1n) is 5.16. The van der Waals surface area contributed by atoms with Crippen molar-refractivity contribution in [3.63, 3.8) is 0 Å². The average Bonchev–Trinajstić information content (AvgIpc) is 2.35. The van der Waals surface area contributed by atoms with Gasteiger partial charge in [0.1, 0.15) is 5.75 Å². The van der Waals surface area contributed by atoms with Crippen molar-refractivity contribution >= 4 is 60.4 Å². The first-order valence-corrected chi connectivity index (χ1v) is 10.7. The zero-order chi connectivity index (χ0) is 13.9. The molecule has 0 fully saturated rings. The smallest absolute Gasteiger partial charge is 0.398 e. The lowest BCUT2D eigenvalue weighted by atomic mass is 10.3. The van der Waals surface area contributed by atoms with Crippen molar-refractivity contribution in [1.29, 1.82) is 0 Å². The molecule has 2 rings (SSSR count). The average molecular weight is 442 g/mol. The molecule has 0 radical (unpaired) electrons. The van der Waals surface area contributed by atoms with Gasteiger partial charge in [-0.2, -0.15) is 0 Å². The molecule has 0 aliphatic rings. The highest BCUT2D eigenvalue weighted by molar-refractivity contribution is 9.11. The number of para-hydroxylation sites is 1. The van der Waals surface area contributed by atoms with Gasteiger partial charge in [0.2, 0.25) is 0 Å². The van der Waals surface area contributed by atoms with E-state index in [0.29, 0.717) is 10.2 Å². The van der Waals surface area contributed by atoms with Crippen LogP contribution in [0, 0.1) is 0 Å². The number of hydrogen-bond donors (Lipinski definition) is 0. The van der Waals surface area contributed by atoms with Crippen LogP contribution in [0.2, 0.25) is 0 Å². The summed E-state index contributed by atoms with van der Waals surface area (Å²) >= 11 is 13.7. The Labute approximate surface area is 137 Å². The predicted molar refractivity (Wildman–Crippen MR) is 88.2 cm³/mol. The van der Waals surface area contributed by atoms with E-state index in [-0.39, 0.29) is 0 Å². The summed E-state index contributed by atoms with van der Waals surface area (Å²) in [5, 5.41) is 0. The van der Waals surface area contributed by atoms with E-state index >= 15 is 0 Å². The molecule has 2 aromatic carbocycles. The maximum absolute atomic E-state index is 12.3. The fourth-order valence-electron chi connectivity index (χ4n) is 1.29. The second-order valence-corrected chi connectivity index (χ2v) is 10.8. The third-order valence-electron chi connectivity index (χ3n) is 2.09. The fourth-order valence-corrected chi connectivity index (χ4v) is 6.07. The van der Waals surface area contributed by atoms with Crippen LogP contribution < -0.4 is 4.52 Å². The molecule has 0 aromatic heterocycles. The number of hydrogen-bond acceptors (Lipinski definition) is 3. The molecule has 100 valence electrons. The van der Waals surface area contributed by atoms with E-state index in [2.05, 4.69) is 31.9 Å². The highest BCUT2D eigenvalue weighted by Gasteiger charge is 2.25. The molecule has 0 aliphatic heterocycles. The van der Waals surface area contributed by atoms with Crippen LogP contribution in [0.4, 0.5) is 0 Å². The zero-order valence-electron chi connectivity index (χ0n) is 9.42. The second-order valence-electron chi connectivity index (χ2n) is 3.47. The summed E-state index contributed by atoms with van der Waals surface area (Å²) in [6.07, 6.45) is 0. The Balaban J connectivity index is 2.18. The van der Waals surface area contributed by atoms with Crippen molar-refractivity contribution in [3.05, 3.63) is 57.5 Å². The molecule has 2 aromatic rings. The van der Waals surface area contributed by atoms with Crippen LogP contribution >= 0.6 is 60.4 Å². The molecule has 7 heteroatoms. The van der Waals surface area contributed by atoms with Crippen molar-refractivity contribution in [1.82, 2.24) is 0 Å². The molecular weight excluding hydrogens is 434 g/mol. The van der Waals surface area contributed by atoms with Gasteiger partial charge >= 0.3 is 5.92 Å². The standard InChI is InChI=1S/C12H8Br2ClO2PS/c13-9-5-1-3-7-11(9)17-18(15,16)19-12-8-4-2-6-10(12)14/h1-8H. The number of rotatable bonds is 4. The van der Waals surface area contributed by atoms with Gasteiger partial charge in [-0.05, 0) is 78.7 Å². The van der Waals surface area contributed by atoms with Crippen LogP contribution in [0.3, 0.4) is 0 Å². The van der Waals surface area contributed by atoms with Gasteiger partial charge in [0.05, 0.1) is 4.47 Å². The summed E-state index contributed by atoms with van der Waals surface area (Å²) in [6, 6.07) is 14.6. The Morgan fingerprint density at radius 2 is 1.58 bits per heavy atom. The van der Waals surface area contributed by atoms with Crippen LogP contribution in [0.1, 0.15) is 0 Å². The Kier molecular flexibility index (Phi) is 5.44. The van der Waals surface area contributed by atoms with Crippen molar-refractivity contribution in [2.75, 3.05) is 0 Å². The maximum atomic E-state index is 12.3. The molecule has 0 N–H and O–H groups in total. The molecule has 1 atom stereocenters. The molecule has 0 bridgehead atoms. The number of benzene rings is 2. The molecular formula is C12H8Br2ClO2PS. The SMILES string of the molecule is O=P(Cl)(Oc1ccccc1Br)Sc1ccccc1Br. The minimum absolute atomic E-state index is 0.459. The summed E-state index contributed by atoms with van der Waals surface area (Å²) in [5.74, 6) is -2.90. The zero-order valence-corrected chi connectivity index (χ0v) is 15.1. The predicted octanol–water partition coefficient (Wildman–Crippen LogP) is 6.73. The third kappa shape index (κ3) is 4.54. The third-order valence-corrected chi connectivity index (χ3v) is 7.18. The van der Waals surface area contributed by atoms with E-state index in [0.717, 1.165) is 20.7 Å². The van der Waals surface area contributed by atoms with Gasteiger partial charge in [-0.25, -0.2) is 4.57 Å². The van der Waals surface area contributed by atoms with Crippen LogP contribution in [-0.4, -0.2) is 0 Å². The molecule has 0 saturated carbocycles. The van der Waals surface area contributed by atoms with E-state index in [4.69, 9.17) is 15.8 Å². The first kappa shape index (κ1) is 15.5. The summed E-state index contributed by atoms with van der Waals surface area (Å²) in [6.45, 7) is 0. The highest BCUT2D eigenvalue weighted by atomic mass is 79.9. The quantitative estimate of drug-likeness (QED) is 0.491. The van der Waals surface area contributed by atoms with Gasteiger partial charge in [0.25, 0.3) is 0 Å². The molecule has 0 saturated heterocycles. The van der Waals surface area contributed by atoms with Crippen molar-refractivity contribution in [2.45, 2.75) is 4.90 Å². The molecule has 1 unspecified atom stereocenters. The monoisotopic (exact) mass is 440 g/mol. The molecule has 2 nitrogen and oxygen atoms in total. The van der Waals surface area contributed by atoms with E-state index in [1.54, 1.807) is 18.2 Å². The maximum Gasteiger partial charge on any atom is 0.398 e. The Bertz CT molecular complexity index is 587. The topological polar surface area (TPSA) is 26.3 Å². The summed E-state index contributed by atoms with van der Waals surface area (Å²) in [7, 11) is 0. The summed E-state index contributed by atoms with van der Waals surface area (Å²) < 4.78 is 19.3. The van der Waals surface area contributed by atoms with Crippen LogP contribution in [0.15, 0.2) is 62.4 Å². The fraction of sp³-hybridized carbons (Fsp3) is 0. The largest absolute Gasteiger partial charge is 0.424 e.